The molecule has 1 aromatic heterocycles. The summed E-state index contributed by atoms with van der Waals surface area (Å²) < 4.78 is 45.6. The van der Waals surface area contributed by atoms with Crippen LogP contribution in [0.3, 0.4) is 0 Å². The number of benzene rings is 1. The fraction of sp³-hybridized carbons (Fsp3) is 0.154. The molecule has 0 saturated heterocycles. The number of hydrogen-bond donors (Lipinski definition) is 1. The standard InChI is InChI=1S/C13H11F3N2O2/c1-19-12-4-9(6-18-7-12)8-2-10(17)5-11(3-8)20-13(14,15)16/h2-7H,17H2,1H3. The SMILES string of the molecule is COc1cncc(-c2cc(N)cc(OC(F)(F)F)c2)c1. The average Bonchev–Trinajstić information content (AvgIpc) is 2.36. The zero-order chi connectivity index (χ0) is 14.8. The predicted molar refractivity (Wildman–Crippen MR) is 67.3 cm³/mol. The molecule has 20 heavy (non-hydrogen) atoms. The quantitative estimate of drug-likeness (QED) is 0.879. The number of hydrogen-bond acceptors (Lipinski definition) is 4. The molecule has 0 spiro atoms. The Hall–Kier alpha value is -2.44. The molecule has 2 rings (SSSR count). The molecule has 0 aliphatic carbocycles. The van der Waals surface area contributed by atoms with Crippen molar-refractivity contribution >= 4 is 5.69 Å². The van der Waals surface area contributed by atoms with Crippen LogP contribution in [0, 0.1) is 0 Å². The number of ether oxygens (including phenoxy) is 2. The van der Waals surface area contributed by atoms with E-state index in [9.17, 15) is 13.2 Å². The Labute approximate surface area is 113 Å². The number of aromatic nitrogens is 1. The van der Waals surface area contributed by atoms with Gasteiger partial charge in [-0.25, -0.2) is 0 Å². The molecule has 2 aromatic rings. The highest BCUT2D eigenvalue weighted by Gasteiger charge is 2.31. The van der Waals surface area contributed by atoms with Crippen molar-refractivity contribution < 1.29 is 22.6 Å². The lowest BCUT2D eigenvalue weighted by atomic mass is 10.1. The minimum absolute atomic E-state index is 0.157. The Morgan fingerprint density at radius 3 is 2.35 bits per heavy atom. The van der Waals surface area contributed by atoms with E-state index in [2.05, 4.69) is 9.72 Å². The maximum Gasteiger partial charge on any atom is 0.573 e. The Morgan fingerprint density at radius 1 is 1.00 bits per heavy atom. The first-order valence-electron chi connectivity index (χ1n) is 5.53. The molecule has 7 heteroatoms. The van der Waals surface area contributed by atoms with Crippen LogP contribution in [0.25, 0.3) is 11.1 Å². The zero-order valence-corrected chi connectivity index (χ0v) is 10.4. The molecule has 2 N–H and O–H groups in total. The van der Waals surface area contributed by atoms with Crippen LogP contribution >= 0.6 is 0 Å². The monoisotopic (exact) mass is 284 g/mol. The van der Waals surface area contributed by atoms with Gasteiger partial charge >= 0.3 is 6.36 Å². The molecule has 0 fully saturated rings. The topological polar surface area (TPSA) is 57.4 Å². The van der Waals surface area contributed by atoms with Crippen LogP contribution in [0.15, 0.2) is 36.7 Å². The second-order valence-electron chi connectivity index (χ2n) is 3.95. The second kappa shape index (κ2) is 5.28. The highest BCUT2D eigenvalue weighted by Crippen LogP contribution is 2.31. The lowest BCUT2D eigenvalue weighted by Crippen LogP contribution is -2.17. The average molecular weight is 284 g/mol. The zero-order valence-electron chi connectivity index (χ0n) is 10.4. The molecule has 0 aliphatic rings. The molecule has 1 aromatic carbocycles. The van der Waals surface area contributed by atoms with Crippen molar-refractivity contribution in [1.29, 1.82) is 0 Å². The number of rotatable bonds is 3. The van der Waals surface area contributed by atoms with Crippen LogP contribution < -0.4 is 15.2 Å². The van der Waals surface area contributed by atoms with Gasteiger partial charge in [-0.05, 0) is 23.8 Å². The lowest BCUT2D eigenvalue weighted by molar-refractivity contribution is -0.274. The Bertz CT molecular complexity index is 615. The van der Waals surface area contributed by atoms with Gasteiger partial charge in [-0.1, -0.05) is 0 Å². The Kier molecular flexibility index (Phi) is 3.69. The molecule has 0 bridgehead atoms. The molecule has 0 unspecified atom stereocenters. The Balaban J connectivity index is 2.41. The Morgan fingerprint density at radius 2 is 1.70 bits per heavy atom. The molecular weight excluding hydrogens is 273 g/mol. The van der Waals surface area contributed by atoms with Gasteiger partial charge in [0.1, 0.15) is 11.5 Å². The number of anilines is 1. The summed E-state index contributed by atoms with van der Waals surface area (Å²) in [5, 5.41) is 0. The van der Waals surface area contributed by atoms with E-state index < -0.39 is 6.36 Å². The highest BCUT2D eigenvalue weighted by molar-refractivity contribution is 5.70. The first-order valence-corrected chi connectivity index (χ1v) is 5.53. The number of methoxy groups -OCH3 is 1. The van der Waals surface area contributed by atoms with Crippen molar-refractivity contribution in [2.24, 2.45) is 0 Å². The maximum atomic E-state index is 12.2. The largest absolute Gasteiger partial charge is 0.573 e. The number of halogens is 3. The number of pyridine rings is 1. The van der Waals surface area contributed by atoms with E-state index in [-0.39, 0.29) is 11.4 Å². The van der Waals surface area contributed by atoms with Gasteiger partial charge in [-0.15, -0.1) is 13.2 Å². The van der Waals surface area contributed by atoms with Crippen LogP contribution in [-0.4, -0.2) is 18.5 Å². The van der Waals surface area contributed by atoms with E-state index in [0.29, 0.717) is 16.9 Å². The first-order chi connectivity index (χ1) is 9.37. The normalized spacial score (nSPS) is 11.2. The fourth-order valence-corrected chi connectivity index (χ4v) is 1.67. The van der Waals surface area contributed by atoms with Gasteiger partial charge in [0.2, 0.25) is 0 Å². The van der Waals surface area contributed by atoms with Gasteiger partial charge in [-0.3, -0.25) is 4.98 Å². The molecule has 106 valence electrons. The fourth-order valence-electron chi connectivity index (χ4n) is 1.67. The summed E-state index contributed by atoms with van der Waals surface area (Å²) in [6.45, 7) is 0. The molecule has 1 heterocycles. The molecule has 0 atom stereocenters. The van der Waals surface area contributed by atoms with Crippen LogP contribution in [0.5, 0.6) is 11.5 Å². The number of nitrogen functional groups attached to an aromatic ring is 1. The van der Waals surface area contributed by atoms with Crippen molar-refractivity contribution in [3.8, 4) is 22.6 Å². The summed E-state index contributed by atoms with van der Waals surface area (Å²) in [6, 6.07) is 5.50. The van der Waals surface area contributed by atoms with E-state index in [1.807, 2.05) is 0 Å². The van der Waals surface area contributed by atoms with Crippen molar-refractivity contribution in [2.45, 2.75) is 6.36 Å². The molecule has 0 amide bonds. The van der Waals surface area contributed by atoms with E-state index in [4.69, 9.17) is 10.5 Å². The van der Waals surface area contributed by atoms with Crippen LogP contribution in [0.2, 0.25) is 0 Å². The third-order valence-corrected chi connectivity index (χ3v) is 2.44. The number of nitrogens with two attached hydrogens (primary N) is 1. The van der Waals surface area contributed by atoms with E-state index in [1.165, 1.54) is 31.6 Å². The van der Waals surface area contributed by atoms with Crippen molar-refractivity contribution in [3.63, 3.8) is 0 Å². The van der Waals surface area contributed by atoms with Gasteiger partial charge in [0, 0.05) is 23.5 Å². The summed E-state index contributed by atoms with van der Waals surface area (Å²) in [4.78, 5) is 3.94. The van der Waals surface area contributed by atoms with Gasteiger partial charge in [0.15, 0.2) is 0 Å². The highest BCUT2D eigenvalue weighted by atomic mass is 19.4. The number of nitrogens with zero attached hydrogens (tertiary/aromatic N) is 1. The molecule has 0 saturated carbocycles. The summed E-state index contributed by atoms with van der Waals surface area (Å²) in [5.74, 6) is 0.110. The molecule has 0 aliphatic heterocycles. The van der Waals surface area contributed by atoms with Gasteiger partial charge in [0.05, 0.1) is 13.3 Å². The summed E-state index contributed by atoms with van der Waals surface area (Å²) >= 11 is 0. The third kappa shape index (κ3) is 3.53. The van der Waals surface area contributed by atoms with E-state index in [1.54, 1.807) is 6.07 Å². The molecular formula is C13H11F3N2O2. The van der Waals surface area contributed by atoms with Crippen LogP contribution in [-0.2, 0) is 0 Å². The van der Waals surface area contributed by atoms with Crippen molar-refractivity contribution in [2.75, 3.05) is 12.8 Å². The van der Waals surface area contributed by atoms with Gasteiger partial charge in [-0.2, -0.15) is 0 Å². The van der Waals surface area contributed by atoms with Crippen LogP contribution in [0.1, 0.15) is 0 Å². The minimum atomic E-state index is -4.77. The minimum Gasteiger partial charge on any atom is -0.495 e. The summed E-state index contributed by atoms with van der Waals surface area (Å²) in [7, 11) is 1.47. The predicted octanol–water partition coefficient (Wildman–Crippen LogP) is 3.24. The smallest absolute Gasteiger partial charge is 0.495 e. The molecule has 0 radical (unpaired) electrons. The first kappa shape index (κ1) is 14.0. The third-order valence-electron chi connectivity index (χ3n) is 2.44. The summed E-state index contributed by atoms with van der Waals surface area (Å²) in [6.07, 6.45) is -1.78. The maximum absolute atomic E-state index is 12.2. The number of alkyl halides is 3. The van der Waals surface area contributed by atoms with E-state index >= 15 is 0 Å². The second-order valence-corrected chi connectivity index (χ2v) is 3.95. The van der Waals surface area contributed by atoms with Gasteiger partial charge < -0.3 is 15.2 Å². The van der Waals surface area contributed by atoms with E-state index in [0.717, 1.165) is 6.07 Å². The van der Waals surface area contributed by atoms with Crippen molar-refractivity contribution in [3.05, 3.63) is 36.7 Å². The van der Waals surface area contributed by atoms with Gasteiger partial charge in [0.25, 0.3) is 0 Å². The summed E-state index contributed by atoms with van der Waals surface area (Å²) in [5.41, 5.74) is 6.77. The lowest BCUT2D eigenvalue weighted by Gasteiger charge is -2.11. The van der Waals surface area contributed by atoms with Crippen molar-refractivity contribution in [1.82, 2.24) is 4.98 Å². The van der Waals surface area contributed by atoms with Crippen LogP contribution in [0.4, 0.5) is 18.9 Å². The molecule has 4 nitrogen and oxygen atoms in total.